The van der Waals surface area contributed by atoms with Crippen molar-refractivity contribution in [3.8, 4) is 11.5 Å². The topological polar surface area (TPSA) is 70.0 Å². The number of phenolic OH excluding ortho intramolecular Hbond substituents is 1. The second kappa shape index (κ2) is 6.27. The molecule has 23 heavy (non-hydrogen) atoms. The van der Waals surface area contributed by atoms with Crippen LogP contribution < -0.4 is 4.74 Å². The monoisotopic (exact) mass is 333 g/mol. The molecule has 1 aliphatic heterocycles. The molecule has 2 rings (SSSR count). The Morgan fingerprint density at radius 3 is 2.65 bits per heavy atom. The molecule has 1 atom stereocenters. The van der Waals surface area contributed by atoms with Gasteiger partial charge in [0.15, 0.2) is 16.9 Å². The van der Waals surface area contributed by atoms with Gasteiger partial charge in [-0.1, -0.05) is 12.1 Å². The van der Waals surface area contributed by atoms with Gasteiger partial charge in [0.05, 0.1) is 6.61 Å². The van der Waals surface area contributed by atoms with E-state index < -0.39 is 30.5 Å². The zero-order valence-corrected chi connectivity index (χ0v) is 12.6. The van der Waals surface area contributed by atoms with E-state index in [9.17, 15) is 23.1 Å². The number of halogens is 3. The van der Waals surface area contributed by atoms with E-state index in [1.54, 1.807) is 25.1 Å². The van der Waals surface area contributed by atoms with Gasteiger partial charge in [-0.25, -0.2) is 0 Å². The lowest BCUT2D eigenvalue weighted by Crippen LogP contribution is -2.47. The van der Waals surface area contributed by atoms with Crippen LogP contribution in [0.4, 0.5) is 13.2 Å². The highest BCUT2D eigenvalue weighted by molar-refractivity contribution is 5.76. The molecule has 0 radical (unpaired) electrons. The van der Waals surface area contributed by atoms with Gasteiger partial charge in [0.25, 0.3) is 0 Å². The third kappa shape index (κ3) is 3.21. The van der Waals surface area contributed by atoms with Crippen LogP contribution in [0.25, 0.3) is 0 Å². The molecule has 0 aromatic heterocycles. The molecule has 1 fully saturated rings. The Morgan fingerprint density at radius 2 is 2.13 bits per heavy atom. The molecule has 0 amide bonds. The molecule has 2 N–H and O–H groups in total. The van der Waals surface area contributed by atoms with Gasteiger partial charge in [-0.3, -0.25) is 9.69 Å². The van der Waals surface area contributed by atoms with Gasteiger partial charge in [-0.15, -0.1) is 0 Å². The maximum absolute atomic E-state index is 13.1. The lowest BCUT2D eigenvalue weighted by Gasteiger charge is -2.27. The van der Waals surface area contributed by atoms with Crippen molar-refractivity contribution < 1.29 is 32.9 Å². The van der Waals surface area contributed by atoms with E-state index in [0.717, 1.165) is 0 Å². The van der Waals surface area contributed by atoms with Crippen LogP contribution in [0.15, 0.2) is 18.2 Å². The van der Waals surface area contributed by atoms with Crippen molar-refractivity contribution in [3.05, 3.63) is 23.8 Å². The smallest absolute Gasteiger partial charge is 0.406 e. The summed E-state index contributed by atoms with van der Waals surface area (Å²) in [5.74, 6) is -1.74. The number of hydrogen-bond donors (Lipinski definition) is 2. The number of phenols is 1. The molecule has 1 aromatic rings. The number of nitrogens with zero attached hydrogens (tertiary/aromatic N) is 1. The molecular formula is C15H18F3NO4. The lowest BCUT2D eigenvalue weighted by molar-refractivity contribution is -0.227. The number of aliphatic carboxylic acids is 1. The summed E-state index contributed by atoms with van der Waals surface area (Å²) in [6.07, 6.45) is -5.32. The fourth-order valence-corrected chi connectivity index (χ4v) is 2.76. The molecule has 1 aromatic carbocycles. The number of para-hydroxylation sites is 1. The molecule has 0 aliphatic carbocycles. The summed E-state index contributed by atoms with van der Waals surface area (Å²) in [5.41, 5.74) is -2.35. The minimum Gasteiger partial charge on any atom is -0.504 e. The van der Waals surface area contributed by atoms with Crippen LogP contribution in [0.2, 0.25) is 0 Å². The summed E-state index contributed by atoms with van der Waals surface area (Å²) in [7, 11) is 0. The van der Waals surface area contributed by atoms with Crippen LogP contribution in [0, 0.1) is 5.41 Å². The van der Waals surface area contributed by atoms with E-state index in [1.807, 2.05) is 0 Å². The number of ether oxygens (including phenoxy) is 1. The summed E-state index contributed by atoms with van der Waals surface area (Å²) in [6.45, 7) is 1.47. The zero-order valence-electron chi connectivity index (χ0n) is 12.6. The molecule has 0 saturated carbocycles. The quantitative estimate of drug-likeness (QED) is 0.867. The number of rotatable bonds is 5. The van der Waals surface area contributed by atoms with Crippen LogP contribution in [0.5, 0.6) is 11.5 Å². The number of carboxylic acids is 1. The first-order chi connectivity index (χ1) is 10.7. The zero-order chi connectivity index (χ0) is 17.3. The largest absolute Gasteiger partial charge is 0.504 e. The van der Waals surface area contributed by atoms with Crippen LogP contribution in [-0.2, 0) is 11.3 Å². The van der Waals surface area contributed by atoms with Gasteiger partial charge in [-0.05, 0) is 19.4 Å². The summed E-state index contributed by atoms with van der Waals surface area (Å²) in [6, 6.07) is 4.76. The van der Waals surface area contributed by atoms with Crippen molar-refractivity contribution in [2.45, 2.75) is 26.1 Å². The van der Waals surface area contributed by atoms with E-state index in [2.05, 4.69) is 0 Å². The van der Waals surface area contributed by atoms with Crippen molar-refractivity contribution >= 4 is 5.97 Å². The maximum Gasteiger partial charge on any atom is 0.406 e. The average molecular weight is 333 g/mol. The number of carboxylic acid groups (broad SMARTS) is 1. The number of likely N-dealkylation sites (tertiary alicyclic amines) is 1. The normalized spacial score (nSPS) is 22.3. The third-order valence-corrected chi connectivity index (χ3v) is 4.08. The predicted molar refractivity (Wildman–Crippen MR) is 75.3 cm³/mol. The van der Waals surface area contributed by atoms with Crippen molar-refractivity contribution in [2.24, 2.45) is 5.41 Å². The van der Waals surface area contributed by atoms with Gasteiger partial charge in [-0.2, -0.15) is 13.2 Å². The highest BCUT2D eigenvalue weighted by Crippen LogP contribution is 2.46. The van der Waals surface area contributed by atoms with E-state index in [1.165, 1.54) is 4.90 Å². The van der Waals surface area contributed by atoms with Gasteiger partial charge in [0.1, 0.15) is 0 Å². The number of hydrogen-bond acceptors (Lipinski definition) is 4. The predicted octanol–water partition coefficient (Wildman–Crippen LogP) is 2.63. The van der Waals surface area contributed by atoms with E-state index in [0.29, 0.717) is 12.2 Å². The van der Waals surface area contributed by atoms with Gasteiger partial charge in [0, 0.05) is 25.2 Å². The van der Waals surface area contributed by atoms with Crippen molar-refractivity contribution in [2.75, 3.05) is 19.7 Å². The standard InChI is InChI=1S/C15H18F3NO4/c1-2-23-11-5-3-4-10(12(11)20)8-19-7-6-14(9-19,13(21)22)15(16,17)18/h3-5,20H,2,6-9H2,1H3,(H,21,22). The summed E-state index contributed by atoms with van der Waals surface area (Å²) < 4.78 is 44.7. The van der Waals surface area contributed by atoms with Crippen molar-refractivity contribution in [1.29, 1.82) is 0 Å². The number of benzene rings is 1. The molecule has 0 spiro atoms. The van der Waals surface area contributed by atoms with Crippen LogP contribution in [0.1, 0.15) is 18.9 Å². The molecule has 1 unspecified atom stereocenters. The first-order valence-electron chi connectivity index (χ1n) is 7.17. The Hall–Kier alpha value is -1.96. The molecular weight excluding hydrogens is 315 g/mol. The molecule has 1 heterocycles. The highest BCUT2D eigenvalue weighted by atomic mass is 19.4. The Morgan fingerprint density at radius 1 is 1.43 bits per heavy atom. The second-order valence-corrected chi connectivity index (χ2v) is 5.54. The van der Waals surface area contributed by atoms with E-state index in [4.69, 9.17) is 9.84 Å². The summed E-state index contributed by atoms with van der Waals surface area (Å²) in [4.78, 5) is 12.5. The minimum absolute atomic E-state index is 0.00981. The van der Waals surface area contributed by atoms with Crippen molar-refractivity contribution in [1.82, 2.24) is 4.90 Å². The molecule has 1 aliphatic rings. The minimum atomic E-state index is -4.82. The average Bonchev–Trinajstić information content (AvgIpc) is 2.88. The Balaban J connectivity index is 2.18. The van der Waals surface area contributed by atoms with Gasteiger partial charge in [0.2, 0.25) is 0 Å². The fraction of sp³-hybridized carbons (Fsp3) is 0.533. The number of aromatic hydroxyl groups is 1. The molecule has 0 bridgehead atoms. The number of carbonyl (C=O) groups is 1. The van der Waals surface area contributed by atoms with Crippen LogP contribution >= 0.6 is 0 Å². The summed E-state index contributed by atoms with van der Waals surface area (Å²) >= 11 is 0. The van der Waals surface area contributed by atoms with Gasteiger partial charge >= 0.3 is 12.1 Å². The lowest BCUT2D eigenvalue weighted by atomic mass is 9.86. The van der Waals surface area contributed by atoms with Gasteiger partial charge < -0.3 is 14.9 Å². The molecule has 5 nitrogen and oxygen atoms in total. The van der Waals surface area contributed by atoms with E-state index in [-0.39, 0.29) is 24.6 Å². The first kappa shape index (κ1) is 17.4. The fourth-order valence-electron chi connectivity index (χ4n) is 2.76. The van der Waals surface area contributed by atoms with Crippen LogP contribution in [-0.4, -0.2) is 47.0 Å². The number of alkyl halides is 3. The molecule has 1 saturated heterocycles. The molecule has 128 valence electrons. The van der Waals surface area contributed by atoms with Crippen molar-refractivity contribution in [3.63, 3.8) is 0 Å². The highest BCUT2D eigenvalue weighted by Gasteiger charge is 2.63. The van der Waals surface area contributed by atoms with E-state index >= 15 is 0 Å². The van der Waals surface area contributed by atoms with Crippen LogP contribution in [0.3, 0.4) is 0 Å². The third-order valence-electron chi connectivity index (χ3n) is 4.08. The molecule has 8 heteroatoms. The Bertz CT molecular complexity index is 591. The summed E-state index contributed by atoms with van der Waals surface area (Å²) in [5, 5.41) is 19.1. The second-order valence-electron chi connectivity index (χ2n) is 5.54. The Labute approximate surface area is 131 Å². The first-order valence-corrected chi connectivity index (χ1v) is 7.17. The SMILES string of the molecule is CCOc1cccc(CN2CCC(C(=O)O)(C(F)(F)F)C2)c1O. The Kier molecular flexibility index (Phi) is 4.74. The maximum atomic E-state index is 13.1.